The van der Waals surface area contributed by atoms with Crippen LogP contribution in [-0.2, 0) is 12.8 Å². The van der Waals surface area contributed by atoms with E-state index in [2.05, 4.69) is 41.7 Å². The summed E-state index contributed by atoms with van der Waals surface area (Å²) in [6, 6.07) is 15.1. The van der Waals surface area contributed by atoms with Gasteiger partial charge in [0.1, 0.15) is 11.5 Å². The third-order valence-corrected chi connectivity index (χ3v) is 4.38. The zero-order valence-electron chi connectivity index (χ0n) is 13.3. The number of fused-ring (bicyclic) bond motifs is 1. The maximum absolute atomic E-state index is 5.56. The standard InChI is InChI=1S/C19H23NO2/c1-21-15-12-17-16(19(13-15)22-2)10-11-20-18(17)9-8-14-6-4-3-5-7-14/h3-7,12-13,18,20H,8-11H2,1-2H3. The summed E-state index contributed by atoms with van der Waals surface area (Å²) in [4.78, 5) is 0. The van der Waals surface area contributed by atoms with Gasteiger partial charge in [0, 0.05) is 17.7 Å². The summed E-state index contributed by atoms with van der Waals surface area (Å²) in [6.45, 7) is 0.995. The molecule has 3 nitrogen and oxygen atoms in total. The molecule has 3 rings (SSSR count). The van der Waals surface area contributed by atoms with E-state index in [1.54, 1.807) is 14.2 Å². The fourth-order valence-corrected chi connectivity index (χ4v) is 3.21. The van der Waals surface area contributed by atoms with Crippen LogP contribution < -0.4 is 14.8 Å². The Hall–Kier alpha value is -2.00. The van der Waals surface area contributed by atoms with E-state index >= 15 is 0 Å². The minimum Gasteiger partial charge on any atom is -0.497 e. The first-order chi connectivity index (χ1) is 10.8. The summed E-state index contributed by atoms with van der Waals surface area (Å²) >= 11 is 0. The van der Waals surface area contributed by atoms with Crippen LogP contribution >= 0.6 is 0 Å². The molecule has 0 fully saturated rings. The SMILES string of the molecule is COc1cc(OC)c2c(c1)C(CCc1ccccc1)NCC2. The molecule has 0 saturated heterocycles. The normalized spacial score (nSPS) is 16.9. The monoisotopic (exact) mass is 297 g/mol. The Bertz CT molecular complexity index is 625. The zero-order chi connectivity index (χ0) is 15.4. The van der Waals surface area contributed by atoms with Gasteiger partial charge in [-0.3, -0.25) is 0 Å². The third-order valence-electron chi connectivity index (χ3n) is 4.38. The number of ether oxygens (including phenoxy) is 2. The fourth-order valence-electron chi connectivity index (χ4n) is 3.21. The Morgan fingerprint density at radius 1 is 1.09 bits per heavy atom. The number of aryl methyl sites for hydroxylation is 1. The van der Waals surface area contributed by atoms with E-state index in [1.165, 1.54) is 16.7 Å². The molecule has 116 valence electrons. The maximum atomic E-state index is 5.56. The first-order valence-electron chi connectivity index (χ1n) is 7.84. The second-order valence-electron chi connectivity index (χ2n) is 5.68. The molecule has 0 saturated carbocycles. The van der Waals surface area contributed by atoms with Gasteiger partial charge < -0.3 is 14.8 Å². The van der Waals surface area contributed by atoms with Gasteiger partial charge in [0.25, 0.3) is 0 Å². The second-order valence-corrected chi connectivity index (χ2v) is 5.68. The molecule has 1 N–H and O–H groups in total. The van der Waals surface area contributed by atoms with E-state index in [0.29, 0.717) is 6.04 Å². The van der Waals surface area contributed by atoms with Gasteiger partial charge in [0.05, 0.1) is 14.2 Å². The minimum atomic E-state index is 0.355. The highest BCUT2D eigenvalue weighted by atomic mass is 16.5. The number of hydrogen-bond acceptors (Lipinski definition) is 3. The van der Waals surface area contributed by atoms with Crippen LogP contribution in [0.25, 0.3) is 0 Å². The molecule has 0 spiro atoms. The molecule has 3 heteroatoms. The molecule has 0 aromatic heterocycles. The van der Waals surface area contributed by atoms with Gasteiger partial charge in [-0.15, -0.1) is 0 Å². The smallest absolute Gasteiger partial charge is 0.126 e. The van der Waals surface area contributed by atoms with Crippen LogP contribution in [0.1, 0.15) is 29.2 Å². The molecule has 1 heterocycles. The first kappa shape index (κ1) is 14.9. The van der Waals surface area contributed by atoms with Crippen molar-refractivity contribution in [2.45, 2.75) is 25.3 Å². The second kappa shape index (κ2) is 6.84. The summed E-state index contributed by atoms with van der Waals surface area (Å²) < 4.78 is 11.0. The summed E-state index contributed by atoms with van der Waals surface area (Å²) in [6.07, 6.45) is 3.15. The van der Waals surface area contributed by atoms with Gasteiger partial charge in [-0.1, -0.05) is 30.3 Å². The third kappa shape index (κ3) is 3.09. The highest BCUT2D eigenvalue weighted by molar-refractivity contribution is 5.49. The number of benzene rings is 2. The zero-order valence-corrected chi connectivity index (χ0v) is 13.3. The Morgan fingerprint density at radius 2 is 1.91 bits per heavy atom. The van der Waals surface area contributed by atoms with Crippen LogP contribution in [0, 0.1) is 0 Å². The Balaban J connectivity index is 1.84. The van der Waals surface area contributed by atoms with Crippen LogP contribution in [-0.4, -0.2) is 20.8 Å². The largest absolute Gasteiger partial charge is 0.497 e. The molecular weight excluding hydrogens is 274 g/mol. The molecule has 1 unspecified atom stereocenters. The topological polar surface area (TPSA) is 30.5 Å². The molecule has 1 aliphatic heterocycles. The van der Waals surface area contributed by atoms with Crippen molar-refractivity contribution in [3.05, 3.63) is 59.2 Å². The molecule has 22 heavy (non-hydrogen) atoms. The summed E-state index contributed by atoms with van der Waals surface area (Å²) in [5.41, 5.74) is 4.02. The average molecular weight is 297 g/mol. The predicted molar refractivity (Wildman–Crippen MR) is 88.8 cm³/mol. The molecule has 0 radical (unpaired) electrons. The molecule has 1 atom stereocenters. The van der Waals surface area contributed by atoms with Crippen LogP contribution in [0.2, 0.25) is 0 Å². The van der Waals surface area contributed by atoms with Crippen molar-refractivity contribution in [3.63, 3.8) is 0 Å². The van der Waals surface area contributed by atoms with Gasteiger partial charge in [-0.05, 0) is 43.0 Å². The summed E-state index contributed by atoms with van der Waals surface area (Å²) in [7, 11) is 3.44. The lowest BCUT2D eigenvalue weighted by Crippen LogP contribution is -2.30. The fraction of sp³-hybridized carbons (Fsp3) is 0.368. The number of hydrogen-bond donors (Lipinski definition) is 1. The van der Waals surface area contributed by atoms with E-state index in [1.807, 2.05) is 6.07 Å². The van der Waals surface area contributed by atoms with E-state index in [0.717, 1.165) is 37.3 Å². The highest BCUT2D eigenvalue weighted by Gasteiger charge is 2.23. The number of rotatable bonds is 5. The molecule has 0 bridgehead atoms. The van der Waals surface area contributed by atoms with Crippen molar-refractivity contribution in [2.75, 3.05) is 20.8 Å². The highest BCUT2D eigenvalue weighted by Crippen LogP contribution is 2.36. The van der Waals surface area contributed by atoms with Crippen LogP contribution in [0.15, 0.2) is 42.5 Å². The number of nitrogens with one attached hydrogen (secondary N) is 1. The van der Waals surface area contributed by atoms with Crippen LogP contribution in [0.4, 0.5) is 0 Å². The Labute approximate surface area is 132 Å². The Kier molecular flexibility index (Phi) is 4.64. The van der Waals surface area contributed by atoms with Gasteiger partial charge in [-0.25, -0.2) is 0 Å². The van der Waals surface area contributed by atoms with Crippen molar-refractivity contribution in [1.82, 2.24) is 5.32 Å². The van der Waals surface area contributed by atoms with Gasteiger partial charge in [0.15, 0.2) is 0 Å². The molecule has 0 aliphatic carbocycles. The summed E-state index contributed by atoms with van der Waals surface area (Å²) in [5.74, 6) is 1.81. The van der Waals surface area contributed by atoms with Gasteiger partial charge >= 0.3 is 0 Å². The molecule has 0 amide bonds. The van der Waals surface area contributed by atoms with Crippen molar-refractivity contribution in [1.29, 1.82) is 0 Å². The van der Waals surface area contributed by atoms with E-state index in [4.69, 9.17) is 9.47 Å². The van der Waals surface area contributed by atoms with Gasteiger partial charge in [-0.2, -0.15) is 0 Å². The van der Waals surface area contributed by atoms with Crippen LogP contribution in [0.5, 0.6) is 11.5 Å². The summed E-state index contributed by atoms with van der Waals surface area (Å²) in [5, 5.41) is 3.64. The Morgan fingerprint density at radius 3 is 2.64 bits per heavy atom. The van der Waals surface area contributed by atoms with Crippen molar-refractivity contribution < 1.29 is 9.47 Å². The molecule has 2 aromatic carbocycles. The van der Waals surface area contributed by atoms with Crippen molar-refractivity contribution in [3.8, 4) is 11.5 Å². The average Bonchev–Trinajstić information content (AvgIpc) is 2.59. The van der Waals surface area contributed by atoms with E-state index in [-0.39, 0.29) is 0 Å². The van der Waals surface area contributed by atoms with Crippen molar-refractivity contribution in [2.24, 2.45) is 0 Å². The van der Waals surface area contributed by atoms with Crippen molar-refractivity contribution >= 4 is 0 Å². The molecule has 2 aromatic rings. The van der Waals surface area contributed by atoms with E-state index < -0.39 is 0 Å². The maximum Gasteiger partial charge on any atom is 0.126 e. The molecular formula is C19H23NO2. The predicted octanol–water partition coefficient (Wildman–Crippen LogP) is 3.52. The quantitative estimate of drug-likeness (QED) is 0.916. The first-order valence-corrected chi connectivity index (χ1v) is 7.84. The molecule has 1 aliphatic rings. The number of methoxy groups -OCH3 is 2. The lowest BCUT2D eigenvalue weighted by molar-refractivity contribution is 0.380. The van der Waals surface area contributed by atoms with E-state index in [9.17, 15) is 0 Å². The van der Waals surface area contributed by atoms with Crippen LogP contribution in [0.3, 0.4) is 0 Å². The lowest BCUT2D eigenvalue weighted by atomic mass is 9.89. The lowest BCUT2D eigenvalue weighted by Gasteiger charge is -2.29. The minimum absolute atomic E-state index is 0.355. The van der Waals surface area contributed by atoms with Gasteiger partial charge in [0.2, 0.25) is 0 Å².